The molecule has 0 radical (unpaired) electrons. The van der Waals surface area contributed by atoms with Gasteiger partial charge in [-0.15, -0.1) is 0 Å². The van der Waals surface area contributed by atoms with E-state index in [2.05, 4.69) is 54.0 Å². The fourth-order valence-electron chi connectivity index (χ4n) is 2.36. The van der Waals surface area contributed by atoms with Crippen LogP contribution in [0.3, 0.4) is 0 Å². The van der Waals surface area contributed by atoms with Gasteiger partial charge in [-0.1, -0.05) is 38.1 Å². The number of nitrogens with one attached hydrogen (secondary N) is 2. The molecular formula is C17H25N3OS. The van der Waals surface area contributed by atoms with Gasteiger partial charge in [-0.05, 0) is 49.0 Å². The Bertz CT molecular complexity index is 519. The fraction of sp³-hybridized carbons (Fsp3) is 0.529. The average Bonchev–Trinajstić information content (AvgIpc) is 3.04. The van der Waals surface area contributed by atoms with Crippen LogP contribution in [0.15, 0.2) is 29.4 Å². The van der Waals surface area contributed by atoms with Crippen molar-refractivity contribution in [1.29, 1.82) is 0 Å². The van der Waals surface area contributed by atoms with Crippen molar-refractivity contribution in [3.05, 3.63) is 35.4 Å². The topological polar surface area (TPSA) is 45.7 Å². The van der Waals surface area contributed by atoms with Crippen molar-refractivity contribution in [2.45, 2.75) is 45.6 Å². The highest BCUT2D eigenvalue weighted by molar-refractivity contribution is 7.80. The highest BCUT2D eigenvalue weighted by Crippen LogP contribution is 2.15. The molecule has 0 amide bonds. The van der Waals surface area contributed by atoms with E-state index in [4.69, 9.17) is 17.0 Å². The van der Waals surface area contributed by atoms with Crippen LogP contribution in [0.5, 0.6) is 0 Å². The van der Waals surface area contributed by atoms with Crippen LogP contribution in [-0.2, 0) is 4.74 Å². The normalized spacial score (nSPS) is 18.5. The molecule has 0 saturated carbocycles. The van der Waals surface area contributed by atoms with Crippen LogP contribution in [0.2, 0.25) is 0 Å². The summed E-state index contributed by atoms with van der Waals surface area (Å²) < 4.78 is 5.54. The summed E-state index contributed by atoms with van der Waals surface area (Å²) >= 11 is 5.23. The van der Waals surface area contributed by atoms with Gasteiger partial charge >= 0.3 is 0 Å². The molecule has 1 aliphatic rings. The molecule has 1 aliphatic heterocycles. The molecule has 4 nitrogen and oxygen atoms in total. The molecule has 0 bridgehead atoms. The van der Waals surface area contributed by atoms with E-state index in [0.29, 0.717) is 11.0 Å². The minimum atomic E-state index is 0.272. The van der Waals surface area contributed by atoms with Gasteiger partial charge in [-0.3, -0.25) is 5.43 Å². The molecule has 2 rings (SSSR count). The van der Waals surface area contributed by atoms with Crippen molar-refractivity contribution in [3.8, 4) is 0 Å². The Balaban J connectivity index is 1.81. The monoisotopic (exact) mass is 319 g/mol. The molecule has 1 saturated heterocycles. The molecule has 1 aromatic rings. The molecule has 1 aromatic carbocycles. The minimum Gasteiger partial charge on any atom is -0.376 e. The third-order valence-electron chi connectivity index (χ3n) is 3.83. The van der Waals surface area contributed by atoms with Crippen LogP contribution in [0.4, 0.5) is 0 Å². The van der Waals surface area contributed by atoms with E-state index in [-0.39, 0.29) is 6.10 Å². The quantitative estimate of drug-likeness (QED) is 0.497. The summed E-state index contributed by atoms with van der Waals surface area (Å²) in [7, 11) is 0. The summed E-state index contributed by atoms with van der Waals surface area (Å²) in [5, 5.41) is 8.02. The SMILES string of the molecule is C/C(=N/NC(=S)NC[C@@H]1CCCO1)c1ccc(C(C)C)cc1. The van der Waals surface area contributed by atoms with Crippen LogP contribution < -0.4 is 10.7 Å². The summed E-state index contributed by atoms with van der Waals surface area (Å²) in [4.78, 5) is 0. The van der Waals surface area contributed by atoms with Gasteiger partial charge in [-0.25, -0.2) is 0 Å². The number of thiocarbonyl (C=S) groups is 1. The molecule has 2 N–H and O–H groups in total. The molecule has 0 spiro atoms. The lowest BCUT2D eigenvalue weighted by atomic mass is 10.0. The Morgan fingerprint density at radius 1 is 1.36 bits per heavy atom. The predicted octanol–water partition coefficient (Wildman–Crippen LogP) is 3.18. The third-order valence-corrected chi connectivity index (χ3v) is 4.07. The van der Waals surface area contributed by atoms with Crippen molar-refractivity contribution >= 4 is 23.0 Å². The summed E-state index contributed by atoms with van der Waals surface area (Å²) in [6.07, 6.45) is 2.50. The van der Waals surface area contributed by atoms with Gasteiger partial charge in [0.1, 0.15) is 0 Å². The first-order valence-corrected chi connectivity index (χ1v) is 8.27. The first kappa shape index (κ1) is 16.9. The largest absolute Gasteiger partial charge is 0.376 e. The lowest BCUT2D eigenvalue weighted by molar-refractivity contribution is 0.114. The zero-order valence-electron chi connectivity index (χ0n) is 13.6. The van der Waals surface area contributed by atoms with Crippen molar-refractivity contribution in [3.63, 3.8) is 0 Å². The first-order valence-electron chi connectivity index (χ1n) is 7.86. The molecule has 1 atom stereocenters. The maximum Gasteiger partial charge on any atom is 0.187 e. The van der Waals surface area contributed by atoms with Crippen LogP contribution in [0, 0.1) is 0 Å². The Morgan fingerprint density at radius 3 is 2.68 bits per heavy atom. The van der Waals surface area contributed by atoms with E-state index in [1.807, 2.05) is 6.92 Å². The number of rotatable bonds is 5. The molecule has 0 unspecified atom stereocenters. The van der Waals surface area contributed by atoms with Crippen molar-refractivity contribution < 1.29 is 4.74 Å². The maximum absolute atomic E-state index is 5.54. The minimum absolute atomic E-state index is 0.272. The number of hydrogen-bond donors (Lipinski definition) is 2. The van der Waals surface area contributed by atoms with Gasteiger partial charge in [0.05, 0.1) is 11.8 Å². The third kappa shape index (κ3) is 5.07. The van der Waals surface area contributed by atoms with Gasteiger partial charge in [0.25, 0.3) is 0 Å². The van der Waals surface area contributed by atoms with Crippen LogP contribution in [0.25, 0.3) is 0 Å². The Kier molecular flexibility index (Phi) is 6.34. The number of hydrazone groups is 1. The number of hydrogen-bond acceptors (Lipinski definition) is 3. The van der Waals surface area contributed by atoms with Gasteiger partial charge < -0.3 is 10.1 Å². The lowest BCUT2D eigenvalue weighted by Crippen LogP contribution is -2.37. The Morgan fingerprint density at radius 2 is 2.09 bits per heavy atom. The zero-order chi connectivity index (χ0) is 15.9. The highest BCUT2D eigenvalue weighted by atomic mass is 32.1. The summed E-state index contributed by atoms with van der Waals surface area (Å²) in [6, 6.07) is 8.48. The first-order chi connectivity index (χ1) is 10.6. The van der Waals surface area contributed by atoms with Crippen LogP contribution in [-0.4, -0.2) is 30.1 Å². The van der Waals surface area contributed by atoms with E-state index in [0.717, 1.165) is 37.3 Å². The average molecular weight is 319 g/mol. The summed E-state index contributed by atoms with van der Waals surface area (Å²) in [5.74, 6) is 0.541. The molecule has 5 heteroatoms. The van der Waals surface area contributed by atoms with Gasteiger partial charge in [0.2, 0.25) is 0 Å². The molecule has 0 aromatic heterocycles. The molecule has 22 heavy (non-hydrogen) atoms. The van der Waals surface area contributed by atoms with Gasteiger partial charge in [0, 0.05) is 13.2 Å². The molecular weight excluding hydrogens is 294 g/mol. The number of nitrogens with zero attached hydrogens (tertiary/aromatic N) is 1. The van der Waals surface area contributed by atoms with Crippen LogP contribution >= 0.6 is 12.2 Å². The van der Waals surface area contributed by atoms with Gasteiger partial charge in [0.15, 0.2) is 5.11 Å². The molecule has 1 heterocycles. The zero-order valence-corrected chi connectivity index (χ0v) is 14.4. The van der Waals surface area contributed by atoms with E-state index in [1.165, 1.54) is 5.56 Å². The standard InChI is InChI=1S/C17H25N3OS/c1-12(2)14-6-8-15(9-7-14)13(3)19-20-17(22)18-11-16-5-4-10-21-16/h6-9,12,16H,4-5,10-11H2,1-3H3,(H2,18,20,22)/b19-13-/t16-/m0/s1. The van der Waals surface area contributed by atoms with Crippen molar-refractivity contribution in [2.75, 3.05) is 13.2 Å². The predicted molar refractivity (Wildman–Crippen MR) is 95.5 cm³/mol. The van der Waals surface area contributed by atoms with Gasteiger partial charge in [-0.2, -0.15) is 5.10 Å². The van der Waals surface area contributed by atoms with Crippen molar-refractivity contribution in [1.82, 2.24) is 10.7 Å². The molecule has 0 aliphatic carbocycles. The Labute approximate surface area is 138 Å². The van der Waals surface area contributed by atoms with E-state index >= 15 is 0 Å². The summed E-state index contributed by atoms with van der Waals surface area (Å²) in [5.41, 5.74) is 6.24. The maximum atomic E-state index is 5.54. The van der Waals surface area contributed by atoms with E-state index in [9.17, 15) is 0 Å². The van der Waals surface area contributed by atoms with Crippen molar-refractivity contribution in [2.24, 2.45) is 5.10 Å². The second kappa shape index (κ2) is 8.25. The van der Waals surface area contributed by atoms with Crippen LogP contribution in [0.1, 0.15) is 50.7 Å². The number of ether oxygens (including phenoxy) is 1. The molecule has 1 fully saturated rings. The summed E-state index contributed by atoms with van der Waals surface area (Å²) in [6.45, 7) is 7.95. The second-order valence-electron chi connectivity index (χ2n) is 5.93. The Hall–Kier alpha value is -1.46. The number of benzene rings is 1. The molecule has 120 valence electrons. The lowest BCUT2D eigenvalue weighted by Gasteiger charge is -2.12. The fourth-order valence-corrected chi connectivity index (χ4v) is 2.49. The van der Waals surface area contributed by atoms with E-state index < -0.39 is 0 Å². The van der Waals surface area contributed by atoms with E-state index in [1.54, 1.807) is 0 Å². The smallest absolute Gasteiger partial charge is 0.187 e. The highest BCUT2D eigenvalue weighted by Gasteiger charge is 2.15. The second-order valence-corrected chi connectivity index (χ2v) is 6.34.